The number of hydrogen-bond acceptors (Lipinski definition) is 4. The highest BCUT2D eigenvalue weighted by atomic mass is 35.5. The lowest BCUT2D eigenvalue weighted by Crippen LogP contribution is -2.24. The van der Waals surface area contributed by atoms with E-state index >= 15 is 0 Å². The molecule has 0 unspecified atom stereocenters. The van der Waals surface area contributed by atoms with E-state index in [9.17, 15) is 31.1 Å². The molecule has 4 nitrogen and oxygen atoms in total. The van der Waals surface area contributed by atoms with Gasteiger partial charge in [-0.2, -0.15) is 13.2 Å². The first-order valence-electron chi connectivity index (χ1n) is 5.59. The van der Waals surface area contributed by atoms with Gasteiger partial charge in [0, 0.05) is 0 Å². The smallest absolute Gasteiger partial charge is 0.462 e. The van der Waals surface area contributed by atoms with E-state index in [2.05, 4.69) is 14.5 Å². The van der Waals surface area contributed by atoms with Crippen LogP contribution in [-0.2, 0) is 16.8 Å². The molecule has 124 valence electrons. The molecule has 0 bridgehead atoms. The fourth-order valence-electron chi connectivity index (χ4n) is 1.54. The first-order valence-corrected chi connectivity index (χ1v) is 6.12. The third-order valence-corrected chi connectivity index (χ3v) is 2.49. The number of halogens is 7. The van der Waals surface area contributed by atoms with Gasteiger partial charge in [-0.05, 0) is 6.92 Å². The van der Waals surface area contributed by atoms with Crippen molar-refractivity contribution in [3.8, 4) is 5.75 Å². The van der Waals surface area contributed by atoms with Crippen LogP contribution in [0.1, 0.15) is 28.5 Å². The highest BCUT2D eigenvalue weighted by Gasteiger charge is 2.44. The van der Waals surface area contributed by atoms with Gasteiger partial charge in [-0.3, -0.25) is 4.98 Å². The van der Waals surface area contributed by atoms with Gasteiger partial charge in [-0.1, -0.05) is 0 Å². The fourth-order valence-corrected chi connectivity index (χ4v) is 1.74. The lowest BCUT2D eigenvalue weighted by Gasteiger charge is -2.19. The average Bonchev–Trinajstić information content (AvgIpc) is 2.35. The number of alkyl halides is 7. The Morgan fingerprint density at radius 3 is 2.27 bits per heavy atom. The number of rotatable bonds is 4. The Labute approximate surface area is 125 Å². The summed E-state index contributed by atoms with van der Waals surface area (Å²) in [4.78, 5) is 15.0. The summed E-state index contributed by atoms with van der Waals surface area (Å²) in [5.41, 5.74) is -3.71. The van der Waals surface area contributed by atoms with Gasteiger partial charge in [0.1, 0.15) is 5.56 Å². The number of ether oxygens (including phenoxy) is 2. The van der Waals surface area contributed by atoms with Crippen molar-refractivity contribution in [1.82, 2.24) is 4.98 Å². The molecule has 0 N–H and O–H groups in total. The number of nitrogens with zero attached hydrogens (tertiary/aromatic N) is 1. The number of aromatic nitrogens is 1. The topological polar surface area (TPSA) is 48.4 Å². The van der Waals surface area contributed by atoms with Gasteiger partial charge < -0.3 is 9.47 Å². The zero-order chi connectivity index (χ0) is 17.1. The summed E-state index contributed by atoms with van der Waals surface area (Å²) in [6.07, 6.45) is -10.5. The first-order chi connectivity index (χ1) is 10.0. The van der Waals surface area contributed by atoms with Gasteiger partial charge in [0.25, 0.3) is 0 Å². The predicted octanol–water partition coefficient (Wildman–Crippen LogP) is 3.91. The van der Waals surface area contributed by atoms with Crippen molar-refractivity contribution >= 4 is 17.6 Å². The Morgan fingerprint density at radius 1 is 1.27 bits per heavy atom. The Bertz CT molecular complexity index is 558. The number of hydrogen-bond donors (Lipinski definition) is 0. The standard InChI is InChI=1S/C11H8ClF6NO3/c1-2-21-9(20)7-5(3-12)19-4-6(22-11(16,17)18)8(7)10(13,14)15/h4H,2-3H2,1H3. The van der Waals surface area contributed by atoms with E-state index in [1.165, 1.54) is 6.92 Å². The van der Waals surface area contributed by atoms with Gasteiger partial charge in [0.15, 0.2) is 5.75 Å². The van der Waals surface area contributed by atoms with Gasteiger partial charge in [-0.15, -0.1) is 24.8 Å². The van der Waals surface area contributed by atoms with E-state index in [4.69, 9.17) is 11.6 Å². The van der Waals surface area contributed by atoms with Crippen molar-refractivity contribution in [3.63, 3.8) is 0 Å². The molecule has 0 saturated carbocycles. The zero-order valence-electron chi connectivity index (χ0n) is 10.8. The molecule has 0 aliphatic carbocycles. The van der Waals surface area contributed by atoms with E-state index in [-0.39, 0.29) is 12.8 Å². The van der Waals surface area contributed by atoms with E-state index in [1.807, 2.05) is 0 Å². The monoisotopic (exact) mass is 351 g/mol. The minimum absolute atomic E-state index is 0.205. The number of carbonyl (C=O) groups is 1. The quantitative estimate of drug-likeness (QED) is 0.469. The Morgan fingerprint density at radius 2 is 1.86 bits per heavy atom. The largest absolute Gasteiger partial charge is 0.573 e. The third-order valence-electron chi connectivity index (χ3n) is 2.24. The lowest BCUT2D eigenvalue weighted by molar-refractivity contribution is -0.276. The van der Waals surface area contributed by atoms with Crippen LogP contribution in [0.4, 0.5) is 26.3 Å². The molecule has 1 aromatic heterocycles. The molecule has 0 fully saturated rings. The van der Waals surface area contributed by atoms with Crippen molar-refractivity contribution in [1.29, 1.82) is 0 Å². The van der Waals surface area contributed by atoms with E-state index in [1.54, 1.807) is 0 Å². The summed E-state index contributed by atoms with van der Waals surface area (Å²) in [5, 5.41) is 0. The average molecular weight is 352 g/mol. The van der Waals surface area contributed by atoms with Gasteiger partial charge >= 0.3 is 18.5 Å². The van der Waals surface area contributed by atoms with Crippen LogP contribution in [0.3, 0.4) is 0 Å². The molecule has 1 rings (SSSR count). The van der Waals surface area contributed by atoms with Crippen molar-refractivity contribution < 1.29 is 40.6 Å². The molecule has 0 spiro atoms. The molecule has 0 aromatic carbocycles. The van der Waals surface area contributed by atoms with E-state index in [0.29, 0.717) is 0 Å². The second-order valence-electron chi connectivity index (χ2n) is 3.72. The van der Waals surface area contributed by atoms with Crippen LogP contribution in [-0.4, -0.2) is 23.9 Å². The zero-order valence-corrected chi connectivity index (χ0v) is 11.6. The van der Waals surface area contributed by atoms with Crippen molar-refractivity contribution in [2.24, 2.45) is 0 Å². The highest BCUT2D eigenvalue weighted by molar-refractivity contribution is 6.17. The van der Waals surface area contributed by atoms with Crippen molar-refractivity contribution in [3.05, 3.63) is 23.0 Å². The molecule has 22 heavy (non-hydrogen) atoms. The molecule has 0 amide bonds. The van der Waals surface area contributed by atoms with Crippen LogP contribution in [0.2, 0.25) is 0 Å². The van der Waals surface area contributed by atoms with E-state index in [0.717, 1.165) is 0 Å². The molecular weight excluding hydrogens is 344 g/mol. The minimum Gasteiger partial charge on any atom is -0.462 e. The summed E-state index contributed by atoms with van der Waals surface area (Å²) >= 11 is 5.38. The third kappa shape index (κ3) is 4.39. The number of pyridine rings is 1. The maximum absolute atomic E-state index is 13.1. The summed E-state index contributed by atoms with van der Waals surface area (Å²) in [7, 11) is 0. The Hall–Kier alpha value is -1.71. The second kappa shape index (κ2) is 6.59. The molecule has 0 radical (unpaired) electrons. The maximum Gasteiger partial charge on any atom is 0.573 e. The highest BCUT2D eigenvalue weighted by Crippen LogP contribution is 2.41. The molecule has 0 saturated heterocycles. The van der Waals surface area contributed by atoms with Crippen LogP contribution in [0.25, 0.3) is 0 Å². The first kappa shape index (κ1) is 18.3. The van der Waals surface area contributed by atoms with Crippen LogP contribution >= 0.6 is 11.6 Å². The molecule has 1 aromatic rings. The SMILES string of the molecule is CCOC(=O)c1c(CCl)ncc(OC(F)(F)F)c1C(F)(F)F. The minimum atomic E-state index is -5.39. The number of carbonyl (C=O) groups excluding carboxylic acids is 1. The predicted molar refractivity (Wildman–Crippen MR) is 61.4 cm³/mol. The Balaban J connectivity index is 3.61. The van der Waals surface area contributed by atoms with Gasteiger partial charge in [-0.25, -0.2) is 4.79 Å². The lowest BCUT2D eigenvalue weighted by atomic mass is 10.1. The molecule has 0 aliphatic heterocycles. The van der Waals surface area contributed by atoms with Crippen molar-refractivity contribution in [2.45, 2.75) is 25.3 Å². The van der Waals surface area contributed by atoms with Crippen LogP contribution < -0.4 is 4.74 Å². The van der Waals surface area contributed by atoms with Crippen LogP contribution in [0.15, 0.2) is 6.20 Å². The van der Waals surface area contributed by atoms with E-state index < -0.39 is 47.0 Å². The summed E-state index contributed by atoms with van der Waals surface area (Å²) < 4.78 is 83.6. The molecule has 1 heterocycles. The van der Waals surface area contributed by atoms with Crippen LogP contribution in [0, 0.1) is 0 Å². The second-order valence-corrected chi connectivity index (χ2v) is 3.99. The fraction of sp³-hybridized carbons (Fsp3) is 0.455. The molecule has 0 atom stereocenters. The van der Waals surface area contributed by atoms with Crippen LogP contribution in [0.5, 0.6) is 5.75 Å². The summed E-state index contributed by atoms with van der Waals surface area (Å²) in [6, 6.07) is 0. The normalized spacial score (nSPS) is 12.2. The van der Waals surface area contributed by atoms with Gasteiger partial charge in [0.2, 0.25) is 0 Å². The molecule has 0 aliphatic rings. The molecular formula is C11H8ClF6NO3. The molecule has 11 heteroatoms. The van der Waals surface area contributed by atoms with Crippen molar-refractivity contribution in [2.75, 3.05) is 6.61 Å². The Kier molecular flexibility index (Phi) is 5.49. The van der Waals surface area contributed by atoms with Gasteiger partial charge in [0.05, 0.1) is 29.9 Å². The summed E-state index contributed by atoms with van der Waals surface area (Å²) in [6.45, 7) is 1.03. The number of esters is 1. The maximum atomic E-state index is 13.1. The summed E-state index contributed by atoms with van der Waals surface area (Å²) in [5.74, 6) is -3.79.